The molecule has 0 bridgehead atoms. The maximum atomic E-state index is 13.3. The molecule has 0 saturated heterocycles. The molecule has 0 spiro atoms. The molecule has 1 amide bonds. The van der Waals surface area contributed by atoms with E-state index in [-0.39, 0.29) is 18.0 Å². The van der Waals surface area contributed by atoms with Crippen molar-refractivity contribution in [2.75, 3.05) is 5.88 Å². The minimum Gasteiger partial charge on any atom is -0.286 e. The normalized spacial score (nSPS) is 11.4. The van der Waals surface area contributed by atoms with Crippen LogP contribution >= 0.6 is 11.6 Å². The second-order valence-electron chi connectivity index (χ2n) is 4.47. The molecule has 0 heterocycles. The van der Waals surface area contributed by atoms with Crippen LogP contribution in [0.4, 0.5) is 4.39 Å². The molecule has 0 atom stereocenters. The third kappa shape index (κ3) is 3.41. The van der Waals surface area contributed by atoms with Crippen molar-refractivity contribution in [3.8, 4) is 0 Å². The first-order valence-electron chi connectivity index (χ1n) is 5.18. The standard InChI is InChI=1S/C12H15ClFNO2/c1-12(2,8-13)11(16)15(17)7-9-5-3-4-6-10(9)14/h3-6,17H,7-8H2,1-2H3. The van der Waals surface area contributed by atoms with Crippen LogP contribution in [0.15, 0.2) is 24.3 Å². The zero-order valence-corrected chi connectivity index (χ0v) is 10.5. The Balaban J connectivity index is 2.77. The number of carbonyl (C=O) groups excluding carboxylic acids is 1. The van der Waals surface area contributed by atoms with E-state index in [1.165, 1.54) is 12.1 Å². The largest absolute Gasteiger partial charge is 0.286 e. The van der Waals surface area contributed by atoms with Crippen molar-refractivity contribution in [2.45, 2.75) is 20.4 Å². The van der Waals surface area contributed by atoms with E-state index in [1.54, 1.807) is 26.0 Å². The molecule has 1 N–H and O–H groups in total. The Kier molecular flexibility index (Phi) is 4.48. The quantitative estimate of drug-likeness (QED) is 0.513. The van der Waals surface area contributed by atoms with Crippen molar-refractivity contribution in [1.82, 2.24) is 5.06 Å². The molecule has 0 aliphatic heterocycles. The van der Waals surface area contributed by atoms with Gasteiger partial charge in [-0.3, -0.25) is 10.0 Å². The van der Waals surface area contributed by atoms with Crippen molar-refractivity contribution in [1.29, 1.82) is 0 Å². The maximum absolute atomic E-state index is 13.3. The lowest BCUT2D eigenvalue weighted by Crippen LogP contribution is -2.39. The Morgan fingerprint density at radius 3 is 2.59 bits per heavy atom. The molecule has 0 aliphatic carbocycles. The van der Waals surface area contributed by atoms with Crippen molar-refractivity contribution >= 4 is 17.5 Å². The summed E-state index contributed by atoms with van der Waals surface area (Å²) in [4.78, 5) is 11.8. The highest BCUT2D eigenvalue weighted by Crippen LogP contribution is 2.21. The number of benzene rings is 1. The molecule has 0 aliphatic rings. The number of hydroxylamine groups is 2. The summed E-state index contributed by atoms with van der Waals surface area (Å²) in [5.41, 5.74) is -0.615. The minimum atomic E-state index is -0.873. The molecular weight excluding hydrogens is 245 g/mol. The van der Waals surface area contributed by atoms with Crippen molar-refractivity contribution in [2.24, 2.45) is 5.41 Å². The lowest BCUT2D eigenvalue weighted by Gasteiger charge is -2.25. The van der Waals surface area contributed by atoms with Crippen LogP contribution in [0.3, 0.4) is 0 Å². The van der Waals surface area contributed by atoms with Crippen LogP contribution in [0, 0.1) is 11.2 Å². The lowest BCUT2D eigenvalue weighted by atomic mass is 9.95. The first-order chi connectivity index (χ1) is 7.88. The molecular formula is C12H15ClFNO2. The van der Waals surface area contributed by atoms with Gasteiger partial charge in [0.2, 0.25) is 0 Å². The number of nitrogens with zero attached hydrogens (tertiary/aromatic N) is 1. The van der Waals surface area contributed by atoms with Gasteiger partial charge in [0.25, 0.3) is 5.91 Å². The number of hydrogen-bond donors (Lipinski definition) is 1. The summed E-state index contributed by atoms with van der Waals surface area (Å²) in [6.07, 6.45) is 0. The first-order valence-corrected chi connectivity index (χ1v) is 5.72. The van der Waals surface area contributed by atoms with Crippen LogP contribution in [-0.2, 0) is 11.3 Å². The minimum absolute atomic E-state index is 0.0835. The van der Waals surface area contributed by atoms with Gasteiger partial charge in [-0.15, -0.1) is 11.6 Å². The van der Waals surface area contributed by atoms with Gasteiger partial charge in [0.15, 0.2) is 0 Å². The Labute approximate surface area is 105 Å². The summed E-state index contributed by atoms with van der Waals surface area (Å²) < 4.78 is 13.3. The van der Waals surface area contributed by atoms with Crippen LogP contribution in [0.25, 0.3) is 0 Å². The SMILES string of the molecule is CC(C)(CCl)C(=O)N(O)Cc1ccccc1F. The Bertz CT molecular complexity index is 409. The number of halogens is 2. The molecule has 0 fully saturated rings. The van der Waals surface area contributed by atoms with Crippen LogP contribution in [-0.4, -0.2) is 22.1 Å². The number of carbonyl (C=O) groups is 1. The van der Waals surface area contributed by atoms with Gasteiger partial charge >= 0.3 is 0 Å². The molecule has 1 rings (SSSR count). The van der Waals surface area contributed by atoms with Crippen LogP contribution in [0.2, 0.25) is 0 Å². The number of hydrogen-bond acceptors (Lipinski definition) is 2. The van der Waals surface area contributed by atoms with Crippen LogP contribution < -0.4 is 0 Å². The van der Waals surface area contributed by atoms with Gasteiger partial charge in [0, 0.05) is 11.4 Å². The van der Waals surface area contributed by atoms with Gasteiger partial charge in [-0.2, -0.15) is 0 Å². The zero-order chi connectivity index (χ0) is 13.1. The van der Waals surface area contributed by atoms with Crippen molar-refractivity contribution < 1.29 is 14.4 Å². The fourth-order valence-corrected chi connectivity index (χ4v) is 1.38. The number of amides is 1. The van der Waals surface area contributed by atoms with Crippen molar-refractivity contribution in [3.63, 3.8) is 0 Å². The van der Waals surface area contributed by atoms with E-state index in [1.807, 2.05) is 0 Å². The van der Waals surface area contributed by atoms with E-state index in [0.29, 0.717) is 5.06 Å². The Morgan fingerprint density at radius 1 is 1.47 bits per heavy atom. The fourth-order valence-electron chi connectivity index (χ4n) is 1.27. The smallest absolute Gasteiger partial charge is 0.253 e. The highest BCUT2D eigenvalue weighted by atomic mass is 35.5. The maximum Gasteiger partial charge on any atom is 0.253 e. The topological polar surface area (TPSA) is 40.5 Å². The van der Waals surface area contributed by atoms with E-state index in [0.717, 1.165) is 0 Å². The molecule has 1 aromatic carbocycles. The second kappa shape index (κ2) is 5.47. The van der Waals surface area contributed by atoms with Crippen LogP contribution in [0.5, 0.6) is 0 Å². The lowest BCUT2D eigenvalue weighted by molar-refractivity contribution is -0.177. The Morgan fingerprint density at radius 2 is 2.06 bits per heavy atom. The van der Waals surface area contributed by atoms with E-state index >= 15 is 0 Å². The molecule has 0 saturated carbocycles. The first kappa shape index (κ1) is 13.9. The summed E-state index contributed by atoms with van der Waals surface area (Å²) in [6, 6.07) is 5.98. The second-order valence-corrected chi connectivity index (χ2v) is 4.74. The third-order valence-electron chi connectivity index (χ3n) is 2.43. The molecule has 5 heteroatoms. The van der Waals surface area contributed by atoms with Crippen LogP contribution in [0.1, 0.15) is 19.4 Å². The zero-order valence-electron chi connectivity index (χ0n) is 9.78. The average molecular weight is 260 g/mol. The van der Waals surface area contributed by atoms with Gasteiger partial charge in [-0.1, -0.05) is 18.2 Å². The van der Waals surface area contributed by atoms with Crippen molar-refractivity contribution in [3.05, 3.63) is 35.6 Å². The van der Waals surface area contributed by atoms with E-state index in [2.05, 4.69) is 0 Å². The molecule has 0 aromatic heterocycles. The summed E-state index contributed by atoms with van der Waals surface area (Å²) in [7, 11) is 0. The monoisotopic (exact) mass is 259 g/mol. The van der Waals surface area contributed by atoms with E-state index in [4.69, 9.17) is 11.6 Å². The average Bonchev–Trinajstić information content (AvgIpc) is 2.31. The number of rotatable bonds is 4. The summed E-state index contributed by atoms with van der Waals surface area (Å²) in [5, 5.41) is 10.1. The van der Waals surface area contributed by atoms with E-state index in [9.17, 15) is 14.4 Å². The molecule has 0 unspecified atom stereocenters. The molecule has 1 aromatic rings. The molecule has 17 heavy (non-hydrogen) atoms. The predicted molar refractivity (Wildman–Crippen MR) is 63.2 cm³/mol. The van der Waals surface area contributed by atoms with Gasteiger partial charge in [0.1, 0.15) is 5.82 Å². The Hall–Kier alpha value is -1.13. The summed E-state index contributed by atoms with van der Waals surface area (Å²) >= 11 is 5.63. The molecule has 0 radical (unpaired) electrons. The molecule has 3 nitrogen and oxygen atoms in total. The van der Waals surface area contributed by atoms with Gasteiger partial charge in [0.05, 0.1) is 12.0 Å². The van der Waals surface area contributed by atoms with Gasteiger partial charge in [-0.25, -0.2) is 9.45 Å². The van der Waals surface area contributed by atoms with E-state index < -0.39 is 17.1 Å². The highest BCUT2D eigenvalue weighted by molar-refractivity contribution is 6.19. The highest BCUT2D eigenvalue weighted by Gasteiger charge is 2.31. The number of alkyl halides is 1. The third-order valence-corrected chi connectivity index (χ3v) is 3.09. The predicted octanol–water partition coefficient (Wildman–Crippen LogP) is 2.81. The summed E-state index contributed by atoms with van der Waals surface area (Å²) in [6.45, 7) is 3.05. The molecule has 94 valence electrons. The fraction of sp³-hybridized carbons (Fsp3) is 0.417. The summed E-state index contributed by atoms with van der Waals surface area (Å²) in [5.74, 6) is -0.904. The van der Waals surface area contributed by atoms with Gasteiger partial charge < -0.3 is 0 Å². The van der Waals surface area contributed by atoms with Gasteiger partial charge in [-0.05, 0) is 19.9 Å².